The number of esters is 1. The van der Waals surface area contributed by atoms with Crippen LogP contribution in [0, 0.1) is 5.92 Å². The van der Waals surface area contributed by atoms with Gasteiger partial charge in [0.25, 0.3) is 0 Å². The maximum atomic E-state index is 11.4. The predicted octanol–water partition coefficient (Wildman–Crippen LogP) is 2.69. The summed E-state index contributed by atoms with van der Waals surface area (Å²) in [4.78, 5) is 11.4. The summed E-state index contributed by atoms with van der Waals surface area (Å²) in [7, 11) is 0. The maximum absolute atomic E-state index is 11.4. The smallest absolute Gasteiger partial charge is 0.308 e. The third kappa shape index (κ3) is 3.62. The molecule has 0 unspecified atom stereocenters. The van der Waals surface area contributed by atoms with E-state index in [9.17, 15) is 4.79 Å². The molecule has 0 N–H and O–H groups in total. The summed E-state index contributed by atoms with van der Waals surface area (Å²) in [5, 5.41) is 0. The van der Waals surface area contributed by atoms with Gasteiger partial charge in [0, 0.05) is 0 Å². The molecule has 0 amide bonds. The van der Waals surface area contributed by atoms with Crippen LogP contribution >= 0.6 is 0 Å². The second-order valence-electron chi connectivity index (χ2n) is 3.58. The van der Waals surface area contributed by atoms with E-state index in [2.05, 4.69) is 6.58 Å². The van der Waals surface area contributed by atoms with Crippen LogP contribution < -0.4 is 0 Å². The second-order valence-corrected chi connectivity index (χ2v) is 3.58. The van der Waals surface area contributed by atoms with E-state index in [1.54, 1.807) is 6.08 Å². The van der Waals surface area contributed by atoms with Crippen LogP contribution in [0.2, 0.25) is 0 Å². The normalized spacial score (nSPS) is 18.2. The maximum Gasteiger partial charge on any atom is 0.308 e. The molecule has 0 radical (unpaired) electrons. The Labute approximate surface area is 80.0 Å². The highest BCUT2D eigenvalue weighted by molar-refractivity contribution is 5.72. The summed E-state index contributed by atoms with van der Waals surface area (Å²) in [5.74, 6) is 0.181. The van der Waals surface area contributed by atoms with Crippen LogP contribution in [0.5, 0.6) is 0 Å². The van der Waals surface area contributed by atoms with Crippen LogP contribution in [0.25, 0.3) is 0 Å². The molecule has 13 heavy (non-hydrogen) atoms. The van der Waals surface area contributed by atoms with Crippen LogP contribution in [-0.2, 0) is 9.53 Å². The minimum absolute atomic E-state index is 0.00144. The monoisotopic (exact) mass is 182 g/mol. The van der Waals surface area contributed by atoms with Crippen molar-refractivity contribution in [3.8, 4) is 0 Å². The van der Waals surface area contributed by atoms with Crippen molar-refractivity contribution in [2.75, 3.05) is 6.61 Å². The molecule has 1 aliphatic carbocycles. The van der Waals surface area contributed by atoms with Crippen molar-refractivity contribution in [1.29, 1.82) is 0 Å². The fourth-order valence-corrected chi connectivity index (χ4v) is 1.70. The van der Waals surface area contributed by atoms with E-state index < -0.39 is 0 Å². The molecule has 1 aliphatic rings. The van der Waals surface area contributed by atoms with Gasteiger partial charge >= 0.3 is 5.97 Å². The topological polar surface area (TPSA) is 26.3 Å². The van der Waals surface area contributed by atoms with Gasteiger partial charge in [-0.25, -0.2) is 0 Å². The summed E-state index contributed by atoms with van der Waals surface area (Å²) >= 11 is 0. The summed E-state index contributed by atoms with van der Waals surface area (Å²) < 4.78 is 5.11. The van der Waals surface area contributed by atoms with E-state index in [1.165, 1.54) is 19.3 Å². The first-order valence-electron chi connectivity index (χ1n) is 5.12. The fourth-order valence-electron chi connectivity index (χ4n) is 1.70. The molecule has 1 rings (SSSR count). The Morgan fingerprint density at radius 1 is 1.38 bits per heavy atom. The molecule has 0 heterocycles. The number of hydrogen-bond acceptors (Lipinski definition) is 2. The minimum atomic E-state index is 0.00144. The predicted molar refractivity (Wildman–Crippen MR) is 52.3 cm³/mol. The molecule has 0 atom stereocenters. The molecule has 74 valence electrons. The molecule has 0 spiro atoms. The van der Waals surface area contributed by atoms with Crippen LogP contribution in [0.15, 0.2) is 12.7 Å². The van der Waals surface area contributed by atoms with E-state index >= 15 is 0 Å². The third-order valence-corrected chi connectivity index (χ3v) is 2.50. The molecule has 0 saturated heterocycles. The lowest BCUT2D eigenvalue weighted by molar-refractivity contribution is -0.149. The van der Waals surface area contributed by atoms with Gasteiger partial charge in [0.1, 0.15) is 0 Å². The fraction of sp³-hybridized carbons (Fsp3) is 0.727. The van der Waals surface area contributed by atoms with Crippen LogP contribution in [0.3, 0.4) is 0 Å². The largest absolute Gasteiger partial charge is 0.465 e. The Kier molecular flexibility index (Phi) is 4.58. The van der Waals surface area contributed by atoms with Crippen molar-refractivity contribution in [2.45, 2.75) is 38.5 Å². The Bertz CT molecular complexity index is 169. The second kappa shape index (κ2) is 5.79. The van der Waals surface area contributed by atoms with Crippen LogP contribution in [0.1, 0.15) is 38.5 Å². The number of hydrogen-bond donors (Lipinski definition) is 0. The summed E-state index contributed by atoms with van der Waals surface area (Å²) in [5.41, 5.74) is 0. The standard InChI is InChI=1S/C11H18O2/c1-2-3-9-13-11(12)10-7-5-4-6-8-10/h2,10H,1,3-9H2. The third-order valence-electron chi connectivity index (χ3n) is 2.50. The van der Waals surface area contributed by atoms with Crippen molar-refractivity contribution in [1.82, 2.24) is 0 Å². The van der Waals surface area contributed by atoms with E-state index in [0.29, 0.717) is 6.61 Å². The molecule has 0 aromatic heterocycles. The van der Waals surface area contributed by atoms with E-state index in [4.69, 9.17) is 4.74 Å². The summed E-state index contributed by atoms with van der Waals surface area (Å²) in [6.45, 7) is 4.08. The van der Waals surface area contributed by atoms with Crippen molar-refractivity contribution in [2.24, 2.45) is 5.92 Å². The molecule has 0 aliphatic heterocycles. The van der Waals surface area contributed by atoms with E-state index in [0.717, 1.165) is 19.3 Å². The van der Waals surface area contributed by atoms with Crippen LogP contribution in [-0.4, -0.2) is 12.6 Å². The van der Waals surface area contributed by atoms with Gasteiger partial charge in [0.2, 0.25) is 0 Å². The van der Waals surface area contributed by atoms with Gasteiger partial charge in [-0.15, -0.1) is 6.58 Å². The molecule has 2 heteroatoms. The highest BCUT2D eigenvalue weighted by Crippen LogP contribution is 2.24. The lowest BCUT2D eigenvalue weighted by Gasteiger charge is -2.19. The van der Waals surface area contributed by atoms with Gasteiger partial charge in [-0.2, -0.15) is 0 Å². The SMILES string of the molecule is C=CCCOC(=O)C1CCCCC1. The first kappa shape index (κ1) is 10.3. The summed E-state index contributed by atoms with van der Waals surface area (Å²) in [6, 6.07) is 0. The molecular weight excluding hydrogens is 164 g/mol. The summed E-state index contributed by atoms with van der Waals surface area (Å²) in [6.07, 6.45) is 8.21. The lowest BCUT2D eigenvalue weighted by Crippen LogP contribution is -2.20. The Balaban J connectivity index is 2.17. The van der Waals surface area contributed by atoms with Gasteiger partial charge in [-0.1, -0.05) is 25.3 Å². The highest BCUT2D eigenvalue weighted by Gasteiger charge is 2.21. The lowest BCUT2D eigenvalue weighted by atomic mass is 9.89. The average molecular weight is 182 g/mol. The van der Waals surface area contributed by atoms with Crippen molar-refractivity contribution in [3.63, 3.8) is 0 Å². The number of carbonyl (C=O) groups is 1. The molecule has 1 saturated carbocycles. The minimum Gasteiger partial charge on any atom is -0.465 e. The molecule has 2 nitrogen and oxygen atoms in total. The Hall–Kier alpha value is -0.790. The first-order valence-corrected chi connectivity index (χ1v) is 5.12. The van der Waals surface area contributed by atoms with Crippen molar-refractivity contribution in [3.05, 3.63) is 12.7 Å². The zero-order valence-electron chi connectivity index (χ0n) is 8.13. The van der Waals surface area contributed by atoms with Gasteiger partial charge in [0.15, 0.2) is 0 Å². The number of carbonyl (C=O) groups excluding carboxylic acids is 1. The van der Waals surface area contributed by atoms with Crippen LogP contribution in [0.4, 0.5) is 0 Å². The van der Waals surface area contributed by atoms with Gasteiger partial charge in [0.05, 0.1) is 12.5 Å². The quantitative estimate of drug-likeness (QED) is 0.379. The van der Waals surface area contributed by atoms with Crippen molar-refractivity contribution < 1.29 is 9.53 Å². The zero-order chi connectivity index (χ0) is 9.52. The number of rotatable bonds is 4. The highest BCUT2D eigenvalue weighted by atomic mass is 16.5. The zero-order valence-corrected chi connectivity index (χ0v) is 8.13. The molecule has 0 bridgehead atoms. The van der Waals surface area contributed by atoms with Gasteiger partial charge < -0.3 is 4.74 Å². The van der Waals surface area contributed by atoms with Gasteiger partial charge in [-0.05, 0) is 19.3 Å². The number of ether oxygens (including phenoxy) is 1. The van der Waals surface area contributed by atoms with E-state index in [-0.39, 0.29) is 11.9 Å². The Morgan fingerprint density at radius 3 is 2.69 bits per heavy atom. The molecule has 0 aromatic carbocycles. The molecule has 1 fully saturated rings. The first-order chi connectivity index (χ1) is 6.34. The Morgan fingerprint density at radius 2 is 2.08 bits per heavy atom. The van der Waals surface area contributed by atoms with E-state index in [1.807, 2.05) is 0 Å². The van der Waals surface area contributed by atoms with Crippen molar-refractivity contribution >= 4 is 5.97 Å². The van der Waals surface area contributed by atoms with Gasteiger partial charge in [-0.3, -0.25) is 4.79 Å². The molecular formula is C11H18O2. The average Bonchev–Trinajstić information content (AvgIpc) is 2.19. The molecule has 0 aromatic rings.